The van der Waals surface area contributed by atoms with Crippen LogP contribution in [0.5, 0.6) is 0 Å². The molecule has 0 aliphatic rings. The van der Waals surface area contributed by atoms with E-state index >= 15 is 0 Å². The van der Waals surface area contributed by atoms with Gasteiger partial charge in [0.1, 0.15) is 4.99 Å². The zero-order valence-corrected chi connectivity index (χ0v) is 13.4. The lowest BCUT2D eigenvalue weighted by Gasteiger charge is -2.08. The van der Waals surface area contributed by atoms with Gasteiger partial charge in [-0.15, -0.1) is 11.3 Å². The topological polar surface area (TPSA) is 72.2 Å². The van der Waals surface area contributed by atoms with Gasteiger partial charge in [-0.25, -0.2) is 13.1 Å². The number of halogens is 1. The van der Waals surface area contributed by atoms with Gasteiger partial charge in [-0.05, 0) is 29.6 Å². The van der Waals surface area contributed by atoms with Crippen LogP contribution in [0.25, 0.3) is 0 Å². The molecule has 20 heavy (non-hydrogen) atoms. The number of sulfonamides is 1. The van der Waals surface area contributed by atoms with Crippen molar-refractivity contribution in [3.8, 4) is 0 Å². The Morgan fingerprint density at radius 2 is 2.15 bits per heavy atom. The molecule has 0 radical (unpaired) electrons. The molecular formula is C12H11ClN2O2S3. The van der Waals surface area contributed by atoms with Gasteiger partial charge >= 0.3 is 0 Å². The number of benzene rings is 1. The lowest BCUT2D eigenvalue weighted by Crippen LogP contribution is -2.23. The van der Waals surface area contributed by atoms with Crippen LogP contribution in [-0.2, 0) is 16.6 Å². The van der Waals surface area contributed by atoms with E-state index in [0.717, 1.165) is 4.88 Å². The molecular weight excluding hydrogens is 336 g/mol. The van der Waals surface area contributed by atoms with Gasteiger partial charge < -0.3 is 5.73 Å². The molecule has 0 aliphatic carbocycles. The van der Waals surface area contributed by atoms with E-state index in [4.69, 9.17) is 29.6 Å². The molecule has 2 rings (SSSR count). The summed E-state index contributed by atoms with van der Waals surface area (Å²) >= 11 is 12.3. The number of nitrogens with two attached hydrogens (primary N) is 1. The molecule has 0 spiro atoms. The number of hydrogen-bond donors (Lipinski definition) is 2. The van der Waals surface area contributed by atoms with Crippen molar-refractivity contribution in [1.29, 1.82) is 0 Å². The second-order valence-corrected chi connectivity index (χ2v) is 7.56. The van der Waals surface area contributed by atoms with E-state index in [2.05, 4.69) is 4.72 Å². The van der Waals surface area contributed by atoms with Gasteiger partial charge in [0.05, 0.1) is 9.92 Å². The van der Waals surface area contributed by atoms with E-state index < -0.39 is 10.0 Å². The molecule has 106 valence electrons. The summed E-state index contributed by atoms with van der Waals surface area (Å²) in [5.41, 5.74) is 5.94. The summed E-state index contributed by atoms with van der Waals surface area (Å²) in [7, 11) is -3.61. The second-order valence-electron chi connectivity index (χ2n) is 3.91. The average Bonchev–Trinajstić information content (AvgIpc) is 2.89. The van der Waals surface area contributed by atoms with Crippen LogP contribution in [0.2, 0.25) is 5.02 Å². The third-order valence-corrected chi connectivity index (χ3v) is 5.34. The maximum atomic E-state index is 12.1. The molecule has 8 heteroatoms. The minimum atomic E-state index is -3.61. The number of rotatable bonds is 5. The van der Waals surface area contributed by atoms with Gasteiger partial charge in [0.2, 0.25) is 10.0 Å². The fourth-order valence-corrected chi connectivity index (χ4v) is 3.87. The summed E-state index contributed by atoms with van der Waals surface area (Å²) in [6.45, 7) is 0.245. The lowest BCUT2D eigenvalue weighted by atomic mass is 10.2. The monoisotopic (exact) mass is 346 g/mol. The van der Waals surface area contributed by atoms with Gasteiger partial charge in [-0.3, -0.25) is 0 Å². The summed E-state index contributed by atoms with van der Waals surface area (Å²) in [4.78, 5) is 1.14. The second kappa shape index (κ2) is 6.19. The Hall–Kier alpha value is -0.990. The summed E-state index contributed by atoms with van der Waals surface area (Å²) in [5.74, 6) is 0. The predicted octanol–water partition coefficient (Wildman–Crippen LogP) is 2.51. The van der Waals surface area contributed by atoms with Crippen molar-refractivity contribution in [2.45, 2.75) is 11.4 Å². The molecule has 1 aromatic heterocycles. The van der Waals surface area contributed by atoms with Crippen molar-refractivity contribution in [1.82, 2.24) is 4.72 Å². The Balaban J connectivity index is 2.21. The maximum Gasteiger partial charge on any atom is 0.240 e. The Bertz CT molecular complexity index is 727. The van der Waals surface area contributed by atoms with Crippen LogP contribution < -0.4 is 10.5 Å². The lowest BCUT2D eigenvalue weighted by molar-refractivity contribution is 0.582. The minimum absolute atomic E-state index is 0.0825. The highest BCUT2D eigenvalue weighted by molar-refractivity contribution is 7.89. The van der Waals surface area contributed by atoms with Crippen LogP contribution in [-0.4, -0.2) is 13.4 Å². The highest BCUT2D eigenvalue weighted by atomic mass is 35.5. The van der Waals surface area contributed by atoms with Gasteiger partial charge in [0.15, 0.2) is 0 Å². The first-order valence-electron chi connectivity index (χ1n) is 5.51. The highest BCUT2D eigenvalue weighted by Crippen LogP contribution is 2.21. The molecule has 0 fully saturated rings. The zero-order chi connectivity index (χ0) is 14.8. The Labute approximate surface area is 131 Å². The maximum absolute atomic E-state index is 12.1. The third kappa shape index (κ3) is 3.56. The number of thiophene rings is 1. The molecule has 4 nitrogen and oxygen atoms in total. The van der Waals surface area contributed by atoms with Crippen LogP contribution in [0.1, 0.15) is 10.4 Å². The summed E-state index contributed by atoms with van der Waals surface area (Å²) in [6, 6.07) is 7.99. The third-order valence-electron chi connectivity index (χ3n) is 2.53. The van der Waals surface area contributed by atoms with Crippen molar-refractivity contribution < 1.29 is 8.42 Å². The van der Waals surface area contributed by atoms with Gasteiger partial charge in [-0.2, -0.15) is 0 Å². The molecule has 0 amide bonds. The average molecular weight is 347 g/mol. The van der Waals surface area contributed by atoms with Crippen molar-refractivity contribution in [3.05, 3.63) is 51.2 Å². The van der Waals surface area contributed by atoms with E-state index in [-0.39, 0.29) is 21.5 Å². The fraction of sp³-hybridized carbons (Fsp3) is 0.0833. The standard InChI is InChI=1S/C12H11ClN2O2S3/c13-11-6-9(3-4-10(11)12(14)18)20(16,17)15-7-8-2-1-5-19-8/h1-6,15H,7H2,(H2,14,18). The number of thiocarbonyl (C=S) groups is 1. The Morgan fingerprint density at radius 1 is 1.40 bits per heavy atom. The predicted molar refractivity (Wildman–Crippen MR) is 85.7 cm³/mol. The summed E-state index contributed by atoms with van der Waals surface area (Å²) in [6.07, 6.45) is 0. The summed E-state index contributed by atoms with van der Waals surface area (Å²) in [5, 5.41) is 2.11. The summed E-state index contributed by atoms with van der Waals surface area (Å²) < 4.78 is 26.8. The number of nitrogens with one attached hydrogen (secondary N) is 1. The molecule has 0 bridgehead atoms. The molecule has 0 atom stereocenters. The van der Waals surface area contributed by atoms with Crippen LogP contribution in [0.4, 0.5) is 0 Å². The Kier molecular flexibility index (Phi) is 4.77. The molecule has 3 N–H and O–H groups in total. The minimum Gasteiger partial charge on any atom is -0.389 e. The zero-order valence-electron chi connectivity index (χ0n) is 10.2. The molecule has 0 saturated heterocycles. The molecule has 0 saturated carbocycles. The van der Waals surface area contributed by atoms with Crippen molar-refractivity contribution in [2.75, 3.05) is 0 Å². The SMILES string of the molecule is NC(=S)c1ccc(S(=O)(=O)NCc2cccs2)cc1Cl. The van der Waals surface area contributed by atoms with Crippen LogP contribution in [0.15, 0.2) is 40.6 Å². The Morgan fingerprint density at radius 3 is 2.70 bits per heavy atom. The van der Waals surface area contributed by atoms with Gasteiger partial charge in [0, 0.05) is 17.0 Å². The number of hydrogen-bond acceptors (Lipinski definition) is 4. The van der Waals surface area contributed by atoms with Crippen LogP contribution in [0.3, 0.4) is 0 Å². The highest BCUT2D eigenvalue weighted by Gasteiger charge is 2.16. The first kappa shape index (κ1) is 15.4. The molecule has 0 aliphatic heterocycles. The fourth-order valence-electron chi connectivity index (χ4n) is 1.53. The van der Waals surface area contributed by atoms with Crippen molar-refractivity contribution in [2.24, 2.45) is 5.73 Å². The van der Waals surface area contributed by atoms with E-state index in [1.54, 1.807) is 0 Å². The van der Waals surface area contributed by atoms with Crippen molar-refractivity contribution >= 4 is 50.2 Å². The van der Waals surface area contributed by atoms with Crippen LogP contribution >= 0.6 is 35.2 Å². The molecule has 0 unspecified atom stereocenters. The van der Waals surface area contributed by atoms with E-state index in [1.165, 1.54) is 29.5 Å². The molecule has 2 aromatic rings. The molecule has 1 heterocycles. The molecule has 1 aromatic carbocycles. The largest absolute Gasteiger partial charge is 0.389 e. The van der Waals surface area contributed by atoms with Crippen LogP contribution in [0, 0.1) is 0 Å². The first-order valence-corrected chi connectivity index (χ1v) is 8.66. The van der Waals surface area contributed by atoms with E-state index in [1.807, 2.05) is 17.5 Å². The first-order chi connectivity index (χ1) is 9.40. The van der Waals surface area contributed by atoms with E-state index in [9.17, 15) is 8.42 Å². The normalized spacial score (nSPS) is 11.4. The van der Waals surface area contributed by atoms with Gasteiger partial charge in [-0.1, -0.05) is 29.9 Å². The van der Waals surface area contributed by atoms with E-state index in [0.29, 0.717) is 5.56 Å². The quantitative estimate of drug-likeness (QED) is 0.816. The van der Waals surface area contributed by atoms with Crippen molar-refractivity contribution in [3.63, 3.8) is 0 Å². The van der Waals surface area contributed by atoms with Gasteiger partial charge in [0.25, 0.3) is 0 Å². The smallest absolute Gasteiger partial charge is 0.240 e.